The maximum atomic E-state index is 14.0. The Kier molecular flexibility index (Phi) is 10.9. The van der Waals surface area contributed by atoms with Gasteiger partial charge in [-0.15, -0.1) is 0 Å². The molecular formula is C33H40O18. The van der Waals surface area contributed by atoms with Crippen molar-refractivity contribution in [3.05, 3.63) is 52.7 Å². The van der Waals surface area contributed by atoms with E-state index in [0.29, 0.717) is 0 Å². The predicted molar refractivity (Wildman–Crippen MR) is 168 cm³/mol. The number of aromatic hydroxyl groups is 2. The molecule has 0 aliphatic carbocycles. The van der Waals surface area contributed by atoms with Crippen LogP contribution in [0.3, 0.4) is 0 Å². The topological polar surface area (TPSA) is 288 Å². The van der Waals surface area contributed by atoms with Gasteiger partial charge in [-0.05, 0) is 44.2 Å². The predicted octanol–water partition coefficient (Wildman–Crippen LogP) is -2.25. The highest BCUT2D eigenvalue weighted by Gasteiger charge is 2.52. The van der Waals surface area contributed by atoms with Gasteiger partial charge in [0.1, 0.15) is 60.5 Å². The number of para-hydroxylation sites is 1. The number of rotatable bonds is 8. The number of phenols is 2. The Labute approximate surface area is 288 Å². The Morgan fingerprint density at radius 2 is 1.29 bits per heavy atom. The van der Waals surface area contributed by atoms with E-state index in [9.17, 15) is 55.9 Å². The Bertz CT molecular complexity index is 1730. The van der Waals surface area contributed by atoms with E-state index < -0.39 is 121 Å². The molecule has 2 aromatic carbocycles. The van der Waals surface area contributed by atoms with Gasteiger partial charge in [-0.2, -0.15) is 0 Å². The zero-order valence-corrected chi connectivity index (χ0v) is 27.1. The summed E-state index contributed by atoms with van der Waals surface area (Å²) in [6, 6.07) is 9.68. The molecule has 3 aliphatic rings. The zero-order chi connectivity index (χ0) is 36.9. The number of ether oxygens (including phenoxy) is 6. The molecule has 15 unspecified atom stereocenters. The van der Waals surface area contributed by atoms with Gasteiger partial charge >= 0.3 is 0 Å². The minimum Gasteiger partial charge on any atom is -0.504 e. The number of hydrogen-bond donors (Lipinski definition) is 10. The fourth-order valence-electron chi connectivity index (χ4n) is 6.11. The number of phenolic OH excluding ortho intramolecular Hbond substituents is 2. The molecule has 1 aromatic heterocycles. The van der Waals surface area contributed by atoms with E-state index in [0.717, 1.165) is 12.1 Å². The van der Waals surface area contributed by atoms with E-state index in [1.165, 1.54) is 32.0 Å². The molecule has 51 heavy (non-hydrogen) atoms. The lowest BCUT2D eigenvalue weighted by molar-refractivity contribution is -0.360. The van der Waals surface area contributed by atoms with Crippen molar-refractivity contribution in [2.75, 3.05) is 6.61 Å². The minimum atomic E-state index is -1.95. The Hall–Kier alpha value is -3.47. The Morgan fingerprint density at radius 3 is 1.96 bits per heavy atom. The summed E-state index contributed by atoms with van der Waals surface area (Å²) >= 11 is 0. The van der Waals surface area contributed by atoms with Crippen LogP contribution in [0.5, 0.6) is 17.2 Å². The highest BCUT2D eigenvalue weighted by Crippen LogP contribution is 2.38. The lowest BCUT2D eigenvalue weighted by atomic mass is 9.97. The summed E-state index contributed by atoms with van der Waals surface area (Å²) < 4.78 is 40.5. The average Bonchev–Trinajstić information content (AvgIpc) is 3.11. The molecule has 0 spiro atoms. The number of aliphatic hydroxyl groups is 8. The molecule has 18 nitrogen and oxygen atoms in total. The summed E-state index contributed by atoms with van der Waals surface area (Å²) in [5, 5.41) is 105. The maximum Gasteiger partial charge on any atom is 0.235 e. The maximum absolute atomic E-state index is 14.0. The van der Waals surface area contributed by atoms with Crippen LogP contribution in [0.25, 0.3) is 22.3 Å². The van der Waals surface area contributed by atoms with Gasteiger partial charge < -0.3 is 83.9 Å². The first kappa shape index (κ1) is 37.3. The largest absolute Gasteiger partial charge is 0.504 e. The molecule has 10 N–H and O–H groups in total. The van der Waals surface area contributed by atoms with E-state index >= 15 is 0 Å². The second-order valence-electron chi connectivity index (χ2n) is 12.7. The van der Waals surface area contributed by atoms with Crippen LogP contribution in [-0.2, 0) is 23.7 Å². The van der Waals surface area contributed by atoms with Gasteiger partial charge in [-0.25, -0.2) is 0 Å². The van der Waals surface area contributed by atoms with Gasteiger partial charge in [-0.1, -0.05) is 12.1 Å². The van der Waals surface area contributed by atoms with Crippen molar-refractivity contribution >= 4 is 11.0 Å². The lowest BCUT2D eigenvalue weighted by Crippen LogP contribution is -2.65. The van der Waals surface area contributed by atoms with Crippen LogP contribution in [0.1, 0.15) is 13.8 Å². The van der Waals surface area contributed by atoms with Gasteiger partial charge in [0.2, 0.25) is 17.5 Å². The van der Waals surface area contributed by atoms with Crippen molar-refractivity contribution in [3.8, 4) is 28.6 Å². The molecule has 0 saturated carbocycles. The third-order valence-corrected chi connectivity index (χ3v) is 9.21. The fraction of sp³-hybridized carbons (Fsp3) is 0.545. The molecule has 3 aliphatic heterocycles. The summed E-state index contributed by atoms with van der Waals surface area (Å²) in [5.41, 5.74) is -0.576. The monoisotopic (exact) mass is 724 g/mol. The highest BCUT2D eigenvalue weighted by molar-refractivity contribution is 5.82. The van der Waals surface area contributed by atoms with Crippen LogP contribution in [0.2, 0.25) is 0 Å². The Balaban J connectivity index is 1.37. The molecule has 3 saturated heterocycles. The number of benzene rings is 2. The summed E-state index contributed by atoms with van der Waals surface area (Å²) in [7, 11) is 0. The standard InChI is InChI=1S/C33H40O18/c1-11-19(36)23(40)26(43)31(46-11)45-10-18-22(39)25(42)30(51-32-27(44)24(41)20(37)12(2)47-32)33(49-18)50-29-21(38)14-5-3-4-6-17(14)48-28(29)13-7-8-15(34)16(35)9-13/h3-9,11-12,18-20,22-27,30-37,39-44H,10H2,1-2H3. The second-order valence-corrected chi connectivity index (χ2v) is 12.7. The molecule has 4 heterocycles. The van der Waals surface area contributed by atoms with E-state index in [-0.39, 0.29) is 22.3 Å². The van der Waals surface area contributed by atoms with Crippen LogP contribution >= 0.6 is 0 Å². The van der Waals surface area contributed by atoms with Crippen molar-refractivity contribution in [2.45, 2.75) is 106 Å². The minimum absolute atomic E-state index is 0.0447. The van der Waals surface area contributed by atoms with Crippen LogP contribution in [0.15, 0.2) is 51.7 Å². The van der Waals surface area contributed by atoms with E-state index in [1.807, 2.05) is 0 Å². The van der Waals surface area contributed by atoms with Gasteiger partial charge in [0.05, 0.1) is 24.2 Å². The third kappa shape index (κ3) is 7.16. The Morgan fingerprint density at radius 1 is 0.667 bits per heavy atom. The quantitative estimate of drug-likeness (QED) is 0.110. The summed E-state index contributed by atoms with van der Waals surface area (Å²) in [6.07, 6.45) is -24.2. The second kappa shape index (κ2) is 14.9. The SMILES string of the molecule is CC1OC(OCC2OC(Oc3c(-c4ccc(O)c(O)c4)oc4ccccc4c3=O)C(OC3OC(C)C(O)C(O)C3O)C(O)C2O)C(O)C(O)C1O. The zero-order valence-electron chi connectivity index (χ0n) is 27.1. The van der Waals surface area contributed by atoms with Gasteiger partial charge in [0.15, 0.2) is 35.9 Å². The normalized spacial score (nSPS) is 38.8. The number of fused-ring (bicyclic) bond motifs is 1. The van der Waals surface area contributed by atoms with Crippen molar-refractivity contribution in [3.63, 3.8) is 0 Å². The van der Waals surface area contributed by atoms with Crippen molar-refractivity contribution < 1.29 is 83.9 Å². The molecule has 6 rings (SSSR count). The van der Waals surface area contributed by atoms with Crippen molar-refractivity contribution in [1.82, 2.24) is 0 Å². The first-order valence-electron chi connectivity index (χ1n) is 16.1. The fourth-order valence-corrected chi connectivity index (χ4v) is 6.11. The van der Waals surface area contributed by atoms with Crippen LogP contribution in [0, 0.1) is 0 Å². The van der Waals surface area contributed by atoms with Gasteiger partial charge in [0.25, 0.3) is 0 Å². The summed E-state index contributed by atoms with van der Waals surface area (Å²) in [5.74, 6) is -1.82. The first-order chi connectivity index (χ1) is 24.2. The molecule has 3 fully saturated rings. The molecule has 0 bridgehead atoms. The van der Waals surface area contributed by atoms with E-state index in [4.69, 9.17) is 32.8 Å². The van der Waals surface area contributed by atoms with Crippen molar-refractivity contribution in [2.24, 2.45) is 0 Å². The van der Waals surface area contributed by atoms with Crippen LogP contribution in [0.4, 0.5) is 0 Å². The molecule has 0 radical (unpaired) electrons. The van der Waals surface area contributed by atoms with Crippen LogP contribution < -0.4 is 10.2 Å². The molecular weight excluding hydrogens is 684 g/mol. The van der Waals surface area contributed by atoms with E-state index in [1.54, 1.807) is 12.1 Å². The van der Waals surface area contributed by atoms with E-state index in [2.05, 4.69) is 0 Å². The lowest BCUT2D eigenvalue weighted by Gasteiger charge is -2.46. The molecule has 15 atom stereocenters. The van der Waals surface area contributed by atoms with Gasteiger partial charge in [0, 0.05) is 5.56 Å². The molecule has 0 amide bonds. The molecule has 3 aromatic rings. The highest BCUT2D eigenvalue weighted by atomic mass is 16.8. The summed E-state index contributed by atoms with van der Waals surface area (Å²) in [4.78, 5) is 14.0. The van der Waals surface area contributed by atoms with Gasteiger partial charge in [-0.3, -0.25) is 4.79 Å². The first-order valence-corrected chi connectivity index (χ1v) is 16.1. The van der Waals surface area contributed by atoms with Crippen molar-refractivity contribution in [1.29, 1.82) is 0 Å². The summed E-state index contributed by atoms with van der Waals surface area (Å²) in [6.45, 7) is 2.19. The third-order valence-electron chi connectivity index (χ3n) is 9.21. The molecule has 18 heteroatoms. The molecule has 280 valence electrons. The average molecular weight is 725 g/mol. The number of aliphatic hydroxyl groups excluding tert-OH is 8. The number of hydrogen-bond acceptors (Lipinski definition) is 18. The smallest absolute Gasteiger partial charge is 0.235 e. The van der Waals surface area contributed by atoms with Crippen LogP contribution in [-0.4, -0.2) is 150 Å².